The van der Waals surface area contributed by atoms with Crippen LogP contribution in [0.4, 0.5) is 6.01 Å². The number of nitrogens with zero attached hydrogens (tertiary/aromatic N) is 3. The van der Waals surface area contributed by atoms with Gasteiger partial charge in [0.15, 0.2) is 0 Å². The molecule has 1 aromatic carbocycles. The molecular weight excluding hydrogens is 386 g/mol. The minimum Gasteiger partial charge on any atom is -0.497 e. The molecule has 0 saturated carbocycles. The van der Waals surface area contributed by atoms with Crippen LogP contribution in [0.5, 0.6) is 5.75 Å². The van der Waals surface area contributed by atoms with E-state index in [1.165, 1.54) is 0 Å². The van der Waals surface area contributed by atoms with E-state index in [2.05, 4.69) is 41.4 Å². The Morgan fingerprint density at radius 1 is 1.24 bits per heavy atom. The Balaban J connectivity index is 1.52. The van der Waals surface area contributed by atoms with Crippen LogP contribution in [0.25, 0.3) is 22.5 Å². The van der Waals surface area contributed by atoms with E-state index in [9.17, 15) is 0 Å². The Labute approximate surface area is 151 Å². The highest BCUT2D eigenvalue weighted by Gasteiger charge is 2.14. The number of nitrogens with one attached hydrogen (secondary N) is 2. The summed E-state index contributed by atoms with van der Waals surface area (Å²) in [4.78, 5) is 7.41. The number of halogens is 1. The highest BCUT2D eigenvalue weighted by atomic mass is 79.9. The van der Waals surface area contributed by atoms with Crippen molar-refractivity contribution in [2.45, 2.75) is 6.54 Å². The zero-order valence-electron chi connectivity index (χ0n) is 13.3. The van der Waals surface area contributed by atoms with Gasteiger partial charge in [-0.3, -0.25) is 0 Å². The van der Waals surface area contributed by atoms with Crippen molar-refractivity contribution in [1.82, 2.24) is 20.2 Å². The number of pyridine rings is 1. The first kappa shape index (κ1) is 15.6. The molecule has 3 aromatic heterocycles. The van der Waals surface area contributed by atoms with E-state index < -0.39 is 0 Å². The van der Waals surface area contributed by atoms with Gasteiger partial charge < -0.3 is 19.5 Å². The van der Waals surface area contributed by atoms with Gasteiger partial charge in [0.25, 0.3) is 5.89 Å². The van der Waals surface area contributed by atoms with E-state index in [1.807, 2.05) is 36.5 Å². The lowest BCUT2D eigenvalue weighted by Gasteiger charge is -2.03. The van der Waals surface area contributed by atoms with Crippen molar-refractivity contribution in [2.24, 2.45) is 0 Å². The predicted octanol–water partition coefficient (Wildman–Crippen LogP) is 4.00. The summed E-state index contributed by atoms with van der Waals surface area (Å²) in [6.07, 6.45) is 3.54. The lowest BCUT2D eigenvalue weighted by Crippen LogP contribution is -1.99. The third kappa shape index (κ3) is 3.20. The second kappa shape index (κ2) is 6.56. The molecule has 0 bridgehead atoms. The molecular formula is C17H14BrN5O2. The number of benzene rings is 1. The van der Waals surface area contributed by atoms with E-state index in [0.29, 0.717) is 18.5 Å². The summed E-state index contributed by atoms with van der Waals surface area (Å²) in [5, 5.41) is 12.2. The standard InChI is InChI=1S/C17H14BrN5O2/c1-24-12-4-2-10(3-5-12)7-21-17-23-22-16(25-17)14-9-20-15-13(14)6-11(18)8-19-15/h2-6,8-9H,7H2,1H3,(H,19,20)(H,21,23). The largest absolute Gasteiger partial charge is 0.497 e. The maximum absolute atomic E-state index is 5.72. The fraction of sp³-hybridized carbons (Fsp3) is 0.118. The molecule has 25 heavy (non-hydrogen) atoms. The number of aromatic amines is 1. The number of anilines is 1. The van der Waals surface area contributed by atoms with Gasteiger partial charge in [-0.15, -0.1) is 5.10 Å². The number of rotatable bonds is 5. The number of ether oxygens (including phenoxy) is 1. The molecule has 0 aliphatic carbocycles. The second-order valence-electron chi connectivity index (χ2n) is 5.37. The Kier molecular flexibility index (Phi) is 4.10. The molecule has 0 aliphatic rings. The average Bonchev–Trinajstić information content (AvgIpc) is 3.26. The summed E-state index contributed by atoms with van der Waals surface area (Å²) in [7, 11) is 1.64. The number of hydrogen-bond donors (Lipinski definition) is 2. The van der Waals surface area contributed by atoms with E-state index in [-0.39, 0.29) is 0 Å². The Morgan fingerprint density at radius 3 is 2.88 bits per heavy atom. The minimum absolute atomic E-state index is 0.364. The van der Waals surface area contributed by atoms with Crippen LogP contribution in [0.1, 0.15) is 5.56 Å². The third-order valence-electron chi connectivity index (χ3n) is 3.76. The molecule has 2 N–H and O–H groups in total. The molecule has 0 unspecified atom stereocenters. The van der Waals surface area contributed by atoms with Gasteiger partial charge in [-0.2, -0.15) is 0 Å². The van der Waals surface area contributed by atoms with Crippen LogP contribution in [-0.4, -0.2) is 27.3 Å². The summed E-state index contributed by atoms with van der Waals surface area (Å²) in [6, 6.07) is 10.1. The van der Waals surface area contributed by atoms with Gasteiger partial charge in [0.2, 0.25) is 0 Å². The van der Waals surface area contributed by atoms with E-state index in [1.54, 1.807) is 13.3 Å². The Bertz CT molecular complexity index is 1010. The summed E-state index contributed by atoms with van der Waals surface area (Å²) >= 11 is 3.43. The van der Waals surface area contributed by atoms with Gasteiger partial charge in [-0.05, 0) is 39.7 Å². The van der Waals surface area contributed by atoms with Crippen LogP contribution < -0.4 is 10.1 Å². The Hall–Kier alpha value is -2.87. The molecule has 3 heterocycles. The molecule has 0 fully saturated rings. The summed E-state index contributed by atoms with van der Waals surface area (Å²) in [6.45, 7) is 0.576. The van der Waals surface area contributed by atoms with Gasteiger partial charge in [-0.25, -0.2) is 4.98 Å². The smallest absolute Gasteiger partial charge is 0.316 e. The number of fused-ring (bicyclic) bond motifs is 1. The number of methoxy groups -OCH3 is 1. The summed E-state index contributed by atoms with van der Waals surface area (Å²) < 4.78 is 11.8. The average molecular weight is 400 g/mol. The Morgan fingerprint density at radius 2 is 2.08 bits per heavy atom. The van der Waals surface area contributed by atoms with Gasteiger partial charge in [0.1, 0.15) is 11.4 Å². The van der Waals surface area contributed by atoms with Gasteiger partial charge in [0, 0.05) is 28.8 Å². The van der Waals surface area contributed by atoms with Crippen molar-refractivity contribution in [1.29, 1.82) is 0 Å². The molecule has 8 heteroatoms. The first-order chi connectivity index (χ1) is 12.2. The molecule has 7 nitrogen and oxygen atoms in total. The molecule has 4 aromatic rings. The highest BCUT2D eigenvalue weighted by molar-refractivity contribution is 9.10. The molecule has 0 radical (unpaired) electrons. The second-order valence-corrected chi connectivity index (χ2v) is 6.28. The van der Waals surface area contributed by atoms with E-state index in [4.69, 9.17) is 9.15 Å². The van der Waals surface area contributed by atoms with Crippen molar-refractivity contribution in [3.63, 3.8) is 0 Å². The van der Waals surface area contributed by atoms with Crippen molar-refractivity contribution in [3.8, 4) is 17.2 Å². The molecule has 0 aliphatic heterocycles. The predicted molar refractivity (Wildman–Crippen MR) is 97.4 cm³/mol. The number of hydrogen-bond acceptors (Lipinski definition) is 6. The maximum Gasteiger partial charge on any atom is 0.316 e. The van der Waals surface area contributed by atoms with Crippen LogP contribution in [0, 0.1) is 0 Å². The van der Waals surface area contributed by atoms with E-state index >= 15 is 0 Å². The first-order valence-corrected chi connectivity index (χ1v) is 8.35. The third-order valence-corrected chi connectivity index (χ3v) is 4.19. The van der Waals surface area contributed by atoms with Gasteiger partial charge in [-0.1, -0.05) is 17.2 Å². The summed E-state index contributed by atoms with van der Waals surface area (Å²) in [5.41, 5.74) is 2.67. The van der Waals surface area contributed by atoms with Crippen LogP contribution in [-0.2, 0) is 6.54 Å². The zero-order valence-corrected chi connectivity index (χ0v) is 14.9. The molecule has 0 amide bonds. The van der Waals surface area contributed by atoms with Gasteiger partial charge >= 0.3 is 6.01 Å². The molecule has 0 saturated heterocycles. The van der Waals surface area contributed by atoms with Crippen molar-refractivity contribution in [3.05, 3.63) is 52.8 Å². The lowest BCUT2D eigenvalue weighted by atomic mass is 10.2. The normalized spacial score (nSPS) is 11.0. The van der Waals surface area contributed by atoms with Crippen molar-refractivity contribution >= 4 is 33.0 Å². The zero-order chi connectivity index (χ0) is 17.2. The minimum atomic E-state index is 0.364. The summed E-state index contributed by atoms with van der Waals surface area (Å²) in [5.74, 6) is 1.26. The van der Waals surface area contributed by atoms with Crippen molar-refractivity contribution in [2.75, 3.05) is 12.4 Å². The van der Waals surface area contributed by atoms with Crippen molar-refractivity contribution < 1.29 is 9.15 Å². The molecule has 0 atom stereocenters. The number of aromatic nitrogens is 4. The van der Waals surface area contributed by atoms with Gasteiger partial charge in [0.05, 0.1) is 12.7 Å². The fourth-order valence-corrected chi connectivity index (χ4v) is 2.81. The highest BCUT2D eigenvalue weighted by Crippen LogP contribution is 2.29. The van der Waals surface area contributed by atoms with Crippen LogP contribution in [0.2, 0.25) is 0 Å². The molecule has 0 spiro atoms. The quantitative estimate of drug-likeness (QED) is 0.527. The van der Waals surface area contributed by atoms with Crippen LogP contribution >= 0.6 is 15.9 Å². The maximum atomic E-state index is 5.72. The lowest BCUT2D eigenvalue weighted by molar-refractivity contribution is 0.414. The SMILES string of the molecule is COc1ccc(CNc2nnc(-c3c[nH]c4ncc(Br)cc34)o2)cc1. The topological polar surface area (TPSA) is 88.9 Å². The number of H-pyrrole nitrogens is 1. The first-order valence-electron chi connectivity index (χ1n) is 7.56. The molecule has 126 valence electrons. The fourth-order valence-electron chi connectivity index (χ4n) is 2.48. The van der Waals surface area contributed by atoms with Crippen LogP contribution in [0.3, 0.4) is 0 Å². The van der Waals surface area contributed by atoms with E-state index in [0.717, 1.165) is 32.4 Å². The van der Waals surface area contributed by atoms with Crippen LogP contribution in [0.15, 0.2) is 51.6 Å². The molecule has 4 rings (SSSR count). The monoisotopic (exact) mass is 399 g/mol.